The van der Waals surface area contributed by atoms with Gasteiger partial charge in [-0.05, 0) is 35.6 Å². The molecular formula is C26H30ClN3O5. The summed E-state index contributed by atoms with van der Waals surface area (Å²) in [6, 6.07) is 14.9. The van der Waals surface area contributed by atoms with Crippen molar-refractivity contribution >= 4 is 23.5 Å². The van der Waals surface area contributed by atoms with Gasteiger partial charge in [-0.15, -0.1) is 0 Å². The van der Waals surface area contributed by atoms with Crippen molar-refractivity contribution in [2.75, 3.05) is 6.61 Å². The largest absolute Gasteiger partial charge is 0.481 e. The lowest BCUT2D eigenvalue weighted by Crippen LogP contribution is -2.32. The number of amides is 1. The first-order chi connectivity index (χ1) is 16.5. The number of aromatic nitrogens is 2. The zero-order chi connectivity index (χ0) is 25.8. The quantitative estimate of drug-likeness (QED) is 0.397. The first-order valence-corrected chi connectivity index (χ1v) is 11.6. The topological polar surface area (TPSA) is 114 Å². The Labute approximate surface area is 209 Å². The summed E-state index contributed by atoms with van der Waals surface area (Å²) in [6.45, 7) is 7.50. The minimum Gasteiger partial charge on any atom is -0.481 e. The average molecular weight is 500 g/mol. The first-order valence-electron chi connectivity index (χ1n) is 11.2. The van der Waals surface area contributed by atoms with E-state index in [9.17, 15) is 19.8 Å². The third-order valence-corrected chi connectivity index (χ3v) is 5.95. The second-order valence-electron chi connectivity index (χ2n) is 9.40. The monoisotopic (exact) mass is 499 g/mol. The molecule has 3 N–H and O–H groups in total. The molecule has 1 amide bonds. The SMILES string of the molecule is Cc1ccccc1[C@H](CC(=O)O)NC(=O)c1cc(OC[C@@H](O)C(C)(C)C)n(-c2ccccc2Cl)n1. The normalized spacial score (nSPS) is 13.2. The van der Waals surface area contributed by atoms with Gasteiger partial charge < -0.3 is 20.3 Å². The number of carboxylic acids is 1. The van der Waals surface area contributed by atoms with Crippen LogP contribution in [0, 0.1) is 12.3 Å². The molecule has 2 aromatic carbocycles. The molecule has 0 aliphatic carbocycles. The van der Waals surface area contributed by atoms with Gasteiger partial charge in [-0.1, -0.05) is 68.8 Å². The van der Waals surface area contributed by atoms with E-state index < -0.39 is 29.4 Å². The number of carbonyl (C=O) groups excluding carboxylic acids is 1. The number of nitrogens with zero attached hydrogens (tertiary/aromatic N) is 2. The van der Waals surface area contributed by atoms with Crippen LogP contribution in [0.4, 0.5) is 0 Å². The number of aliphatic carboxylic acids is 1. The first kappa shape index (κ1) is 26.2. The number of nitrogens with one attached hydrogen (secondary N) is 1. The lowest BCUT2D eigenvalue weighted by molar-refractivity contribution is -0.137. The second kappa shape index (κ2) is 10.9. The zero-order valence-electron chi connectivity index (χ0n) is 20.2. The molecule has 0 aliphatic rings. The number of rotatable bonds is 9. The highest BCUT2D eigenvalue weighted by molar-refractivity contribution is 6.32. The minimum absolute atomic E-state index is 0.0223. The predicted molar refractivity (Wildman–Crippen MR) is 133 cm³/mol. The number of hydrogen-bond acceptors (Lipinski definition) is 5. The maximum Gasteiger partial charge on any atom is 0.305 e. The van der Waals surface area contributed by atoms with Crippen molar-refractivity contribution in [1.29, 1.82) is 0 Å². The molecule has 8 nitrogen and oxygen atoms in total. The fraction of sp³-hybridized carbons (Fsp3) is 0.346. The highest BCUT2D eigenvalue weighted by Gasteiger charge is 2.26. The highest BCUT2D eigenvalue weighted by Crippen LogP contribution is 2.28. The summed E-state index contributed by atoms with van der Waals surface area (Å²) in [6.07, 6.45) is -1.06. The predicted octanol–water partition coefficient (Wildman–Crippen LogP) is 4.57. The highest BCUT2D eigenvalue weighted by atomic mass is 35.5. The lowest BCUT2D eigenvalue weighted by Gasteiger charge is -2.25. The molecule has 0 saturated heterocycles. The number of carboxylic acid groups (broad SMARTS) is 1. The molecule has 0 aliphatic heterocycles. The van der Waals surface area contributed by atoms with E-state index in [4.69, 9.17) is 16.3 Å². The Bertz CT molecular complexity index is 1200. The molecule has 0 fully saturated rings. The standard InChI is InChI=1S/C26H30ClN3O5/c1-16-9-5-6-10-17(16)19(14-24(32)33)28-25(34)20-13-23(35-15-22(31)26(2,3)4)30(29-20)21-12-8-7-11-18(21)27/h5-13,19,22,31H,14-15H2,1-4H3,(H,28,34)(H,32,33)/t19-,22+/m0/s1. The molecule has 0 unspecified atom stereocenters. The van der Waals surface area contributed by atoms with E-state index in [2.05, 4.69) is 10.4 Å². The van der Waals surface area contributed by atoms with Crippen molar-refractivity contribution in [1.82, 2.24) is 15.1 Å². The third-order valence-electron chi connectivity index (χ3n) is 5.63. The number of aryl methyl sites for hydroxylation is 1. The summed E-state index contributed by atoms with van der Waals surface area (Å²) in [5.74, 6) is -1.39. The van der Waals surface area contributed by atoms with E-state index in [1.807, 2.05) is 39.8 Å². The smallest absolute Gasteiger partial charge is 0.305 e. The summed E-state index contributed by atoms with van der Waals surface area (Å²) in [7, 11) is 0. The van der Waals surface area contributed by atoms with Crippen LogP contribution in [0.3, 0.4) is 0 Å². The van der Waals surface area contributed by atoms with Crippen LogP contribution in [0.15, 0.2) is 54.6 Å². The van der Waals surface area contributed by atoms with Gasteiger partial charge in [-0.3, -0.25) is 9.59 Å². The second-order valence-corrected chi connectivity index (χ2v) is 9.81. The number of aliphatic hydroxyl groups is 1. The van der Waals surface area contributed by atoms with E-state index in [0.717, 1.165) is 5.56 Å². The van der Waals surface area contributed by atoms with Crippen molar-refractivity contribution in [2.45, 2.75) is 46.3 Å². The molecule has 0 radical (unpaired) electrons. The Morgan fingerprint density at radius 3 is 2.43 bits per heavy atom. The molecule has 2 atom stereocenters. The minimum atomic E-state index is -1.04. The molecule has 3 aromatic rings. The van der Waals surface area contributed by atoms with Crippen LogP contribution in [0.5, 0.6) is 5.88 Å². The Morgan fingerprint density at radius 2 is 1.80 bits per heavy atom. The van der Waals surface area contributed by atoms with Crippen molar-refractivity contribution in [3.8, 4) is 11.6 Å². The van der Waals surface area contributed by atoms with Crippen LogP contribution in [0.1, 0.15) is 54.8 Å². The Kier molecular flexibility index (Phi) is 8.19. The van der Waals surface area contributed by atoms with Gasteiger partial charge >= 0.3 is 5.97 Å². The number of ether oxygens (including phenoxy) is 1. The number of carbonyl (C=O) groups is 2. The van der Waals surface area contributed by atoms with E-state index in [1.165, 1.54) is 10.7 Å². The summed E-state index contributed by atoms with van der Waals surface area (Å²) in [4.78, 5) is 24.7. The van der Waals surface area contributed by atoms with Crippen molar-refractivity contribution in [3.63, 3.8) is 0 Å². The van der Waals surface area contributed by atoms with Gasteiger partial charge in [0.15, 0.2) is 5.69 Å². The molecule has 0 saturated carbocycles. The number of para-hydroxylation sites is 1. The van der Waals surface area contributed by atoms with Gasteiger partial charge in [0.2, 0.25) is 5.88 Å². The molecule has 0 spiro atoms. The molecule has 9 heteroatoms. The fourth-order valence-electron chi connectivity index (χ4n) is 3.41. The maximum absolute atomic E-state index is 13.2. The van der Waals surface area contributed by atoms with Crippen LogP contribution in [0.25, 0.3) is 5.69 Å². The third kappa shape index (κ3) is 6.61. The summed E-state index contributed by atoms with van der Waals surface area (Å²) >= 11 is 6.36. The van der Waals surface area contributed by atoms with Crippen LogP contribution in [-0.4, -0.2) is 44.6 Å². The van der Waals surface area contributed by atoms with E-state index in [-0.39, 0.29) is 24.6 Å². The Hall–Kier alpha value is -3.36. The van der Waals surface area contributed by atoms with E-state index >= 15 is 0 Å². The number of aliphatic hydroxyl groups excluding tert-OH is 1. The molecule has 35 heavy (non-hydrogen) atoms. The number of hydrogen-bond donors (Lipinski definition) is 3. The molecule has 186 valence electrons. The maximum atomic E-state index is 13.2. The van der Waals surface area contributed by atoms with E-state index in [0.29, 0.717) is 16.3 Å². The number of halogens is 1. The molecule has 1 heterocycles. The van der Waals surface area contributed by atoms with Crippen molar-refractivity contribution < 1.29 is 24.5 Å². The molecule has 3 rings (SSSR count). The average Bonchev–Trinajstić information content (AvgIpc) is 3.21. The summed E-state index contributed by atoms with van der Waals surface area (Å²) < 4.78 is 7.25. The van der Waals surface area contributed by atoms with Gasteiger partial charge in [-0.2, -0.15) is 9.78 Å². The number of benzene rings is 2. The van der Waals surface area contributed by atoms with Gasteiger partial charge in [0.05, 0.1) is 29.3 Å². The molecule has 1 aromatic heterocycles. The van der Waals surface area contributed by atoms with Gasteiger partial charge in [-0.25, -0.2) is 0 Å². The van der Waals surface area contributed by atoms with Crippen LogP contribution in [0.2, 0.25) is 5.02 Å². The van der Waals surface area contributed by atoms with Crippen LogP contribution >= 0.6 is 11.6 Å². The van der Waals surface area contributed by atoms with Crippen LogP contribution < -0.4 is 10.1 Å². The zero-order valence-corrected chi connectivity index (χ0v) is 20.9. The van der Waals surface area contributed by atoms with Gasteiger partial charge in [0, 0.05) is 6.07 Å². The lowest BCUT2D eigenvalue weighted by atomic mass is 9.90. The molecular weight excluding hydrogens is 470 g/mol. The van der Waals surface area contributed by atoms with Crippen molar-refractivity contribution in [3.05, 3.63) is 76.4 Å². The Balaban J connectivity index is 1.94. The Morgan fingerprint density at radius 1 is 1.14 bits per heavy atom. The van der Waals surface area contributed by atoms with Gasteiger partial charge in [0.25, 0.3) is 5.91 Å². The van der Waals surface area contributed by atoms with E-state index in [1.54, 1.807) is 36.4 Å². The summed E-state index contributed by atoms with van der Waals surface area (Å²) in [5, 5.41) is 27.4. The molecule has 0 bridgehead atoms. The fourth-order valence-corrected chi connectivity index (χ4v) is 3.63. The summed E-state index contributed by atoms with van der Waals surface area (Å²) in [5.41, 5.74) is 1.68. The van der Waals surface area contributed by atoms with Crippen LogP contribution in [-0.2, 0) is 4.79 Å². The van der Waals surface area contributed by atoms with Crippen molar-refractivity contribution in [2.24, 2.45) is 5.41 Å². The van der Waals surface area contributed by atoms with Gasteiger partial charge in [0.1, 0.15) is 6.61 Å².